The first-order chi connectivity index (χ1) is 8.44. The highest BCUT2D eigenvalue weighted by Gasteiger charge is 2.46. The fraction of sp³-hybridized carbons (Fsp3) is 0.692. The second-order valence-electron chi connectivity index (χ2n) is 3.87. The third-order valence-corrected chi connectivity index (χ3v) is 2.82. The first kappa shape index (κ1) is 17.0. The molecule has 18 heavy (non-hydrogen) atoms. The van der Waals surface area contributed by atoms with E-state index in [2.05, 4.69) is 0 Å². The van der Waals surface area contributed by atoms with Gasteiger partial charge in [-0.15, -0.1) is 0 Å². The highest BCUT2D eigenvalue weighted by Crippen LogP contribution is 2.31. The van der Waals surface area contributed by atoms with Crippen LogP contribution < -0.4 is 0 Å². The van der Waals surface area contributed by atoms with Crippen LogP contribution in [0.3, 0.4) is 0 Å². The van der Waals surface area contributed by atoms with E-state index < -0.39 is 17.4 Å². The van der Waals surface area contributed by atoms with Crippen LogP contribution in [0.15, 0.2) is 11.1 Å². The van der Waals surface area contributed by atoms with Gasteiger partial charge in [0.25, 0.3) is 0 Å². The van der Waals surface area contributed by atoms with Crippen molar-refractivity contribution in [3.63, 3.8) is 0 Å². The molecule has 0 saturated carbocycles. The number of esters is 2. The Morgan fingerprint density at radius 2 is 1.56 bits per heavy atom. The van der Waals surface area contributed by atoms with Crippen molar-refractivity contribution in [2.24, 2.45) is 5.41 Å². The largest absolute Gasteiger partial charge is 0.465 e. The van der Waals surface area contributed by atoms with Crippen molar-refractivity contribution >= 4 is 23.5 Å². The van der Waals surface area contributed by atoms with Crippen LogP contribution in [0.25, 0.3) is 0 Å². The van der Waals surface area contributed by atoms with Gasteiger partial charge in [0.05, 0.1) is 13.2 Å². The van der Waals surface area contributed by atoms with E-state index in [1.165, 1.54) is 0 Å². The summed E-state index contributed by atoms with van der Waals surface area (Å²) >= 11 is 5.76. The summed E-state index contributed by atoms with van der Waals surface area (Å²) in [6.07, 6.45) is 2.14. The van der Waals surface area contributed by atoms with E-state index in [-0.39, 0.29) is 19.6 Å². The number of rotatable bonds is 7. The lowest BCUT2D eigenvalue weighted by Crippen LogP contribution is -2.41. The SMILES string of the molecule is CCOC(=O)C(CC)(CC=C(C)Cl)C(=O)OCC. The number of halogens is 1. The van der Waals surface area contributed by atoms with Crippen LogP contribution in [0.4, 0.5) is 0 Å². The average molecular weight is 277 g/mol. The summed E-state index contributed by atoms with van der Waals surface area (Å²) < 4.78 is 9.97. The van der Waals surface area contributed by atoms with E-state index in [1.54, 1.807) is 33.8 Å². The van der Waals surface area contributed by atoms with Gasteiger partial charge in [-0.1, -0.05) is 24.6 Å². The zero-order chi connectivity index (χ0) is 14.2. The Morgan fingerprint density at radius 3 is 1.83 bits per heavy atom. The van der Waals surface area contributed by atoms with Gasteiger partial charge in [-0.05, 0) is 33.6 Å². The molecule has 0 aliphatic rings. The van der Waals surface area contributed by atoms with Gasteiger partial charge < -0.3 is 9.47 Å². The molecule has 4 nitrogen and oxygen atoms in total. The molecule has 0 aromatic rings. The molecule has 0 rings (SSSR count). The predicted molar refractivity (Wildman–Crippen MR) is 70.2 cm³/mol. The van der Waals surface area contributed by atoms with Gasteiger partial charge in [0.1, 0.15) is 0 Å². The average Bonchev–Trinajstić information content (AvgIpc) is 2.30. The third-order valence-electron chi connectivity index (χ3n) is 2.67. The second kappa shape index (κ2) is 8.14. The van der Waals surface area contributed by atoms with Crippen LogP contribution in [0, 0.1) is 5.41 Å². The minimum Gasteiger partial charge on any atom is -0.465 e. The number of carbonyl (C=O) groups is 2. The summed E-state index contributed by atoms with van der Waals surface area (Å²) in [4.78, 5) is 24.1. The predicted octanol–water partition coefficient (Wildman–Crippen LogP) is 3.04. The molecule has 0 saturated heterocycles. The Bertz CT molecular complexity index is 301. The van der Waals surface area contributed by atoms with E-state index in [4.69, 9.17) is 21.1 Å². The van der Waals surface area contributed by atoms with Crippen LogP contribution in [-0.4, -0.2) is 25.2 Å². The van der Waals surface area contributed by atoms with E-state index in [9.17, 15) is 9.59 Å². The summed E-state index contributed by atoms with van der Waals surface area (Å²) in [5.41, 5.74) is -1.29. The molecule has 0 spiro atoms. The highest BCUT2D eigenvalue weighted by molar-refractivity contribution is 6.29. The van der Waals surface area contributed by atoms with Gasteiger partial charge in [-0.3, -0.25) is 9.59 Å². The minimum atomic E-state index is -1.29. The summed E-state index contributed by atoms with van der Waals surface area (Å²) in [6, 6.07) is 0. The first-order valence-electron chi connectivity index (χ1n) is 6.11. The van der Waals surface area contributed by atoms with E-state index >= 15 is 0 Å². The number of allylic oxidation sites excluding steroid dienone is 2. The molecule has 0 bridgehead atoms. The molecule has 0 aromatic heterocycles. The molecule has 0 heterocycles. The number of hydrogen-bond donors (Lipinski definition) is 0. The van der Waals surface area contributed by atoms with Gasteiger partial charge >= 0.3 is 11.9 Å². The van der Waals surface area contributed by atoms with Crippen molar-refractivity contribution in [2.45, 2.75) is 40.5 Å². The van der Waals surface area contributed by atoms with Crippen molar-refractivity contribution in [2.75, 3.05) is 13.2 Å². The third kappa shape index (κ3) is 4.33. The Morgan fingerprint density at radius 1 is 1.11 bits per heavy atom. The molecule has 0 fully saturated rings. The summed E-state index contributed by atoms with van der Waals surface area (Å²) in [7, 11) is 0. The Labute approximate surface area is 113 Å². The molecule has 5 heteroatoms. The van der Waals surface area contributed by atoms with Crippen LogP contribution in [0.5, 0.6) is 0 Å². The van der Waals surface area contributed by atoms with E-state index in [0.717, 1.165) is 0 Å². The minimum absolute atomic E-state index is 0.191. The van der Waals surface area contributed by atoms with Crippen LogP contribution >= 0.6 is 11.6 Å². The molecule has 0 atom stereocenters. The maximum atomic E-state index is 12.0. The molecule has 0 aliphatic heterocycles. The molecule has 104 valence electrons. The van der Waals surface area contributed by atoms with Gasteiger partial charge in [0.15, 0.2) is 5.41 Å². The standard InChI is InChI=1S/C13H21ClO4/c1-5-13(9-8-10(4)14,11(15)17-6-2)12(16)18-7-3/h8H,5-7,9H2,1-4H3. The maximum Gasteiger partial charge on any atom is 0.323 e. The van der Waals surface area contributed by atoms with Crippen molar-refractivity contribution in [3.8, 4) is 0 Å². The first-order valence-corrected chi connectivity index (χ1v) is 6.49. The molecule has 0 unspecified atom stereocenters. The fourth-order valence-electron chi connectivity index (χ4n) is 1.54. The van der Waals surface area contributed by atoms with Crippen molar-refractivity contribution in [1.29, 1.82) is 0 Å². The van der Waals surface area contributed by atoms with Gasteiger partial charge in [0, 0.05) is 5.03 Å². The molecular formula is C13H21ClO4. The Balaban J connectivity index is 5.24. The number of carbonyl (C=O) groups excluding carboxylic acids is 2. The lowest BCUT2D eigenvalue weighted by molar-refractivity contribution is -0.172. The normalized spacial score (nSPS) is 12.2. The molecular weight excluding hydrogens is 256 g/mol. The monoisotopic (exact) mass is 276 g/mol. The Kier molecular flexibility index (Phi) is 7.67. The quantitative estimate of drug-likeness (QED) is 0.530. The highest BCUT2D eigenvalue weighted by atomic mass is 35.5. The lowest BCUT2D eigenvalue weighted by Gasteiger charge is -2.26. The zero-order valence-corrected chi connectivity index (χ0v) is 12.2. The number of ether oxygens (including phenoxy) is 2. The fourth-order valence-corrected chi connectivity index (χ4v) is 1.61. The number of hydrogen-bond acceptors (Lipinski definition) is 4. The summed E-state index contributed by atoms with van der Waals surface area (Å²) in [6.45, 7) is 7.30. The Hall–Kier alpha value is -1.03. The van der Waals surface area contributed by atoms with Crippen molar-refractivity contribution < 1.29 is 19.1 Å². The maximum absolute atomic E-state index is 12.0. The van der Waals surface area contributed by atoms with Crippen molar-refractivity contribution in [3.05, 3.63) is 11.1 Å². The second-order valence-corrected chi connectivity index (χ2v) is 4.47. The van der Waals surface area contributed by atoms with Crippen molar-refractivity contribution in [1.82, 2.24) is 0 Å². The van der Waals surface area contributed by atoms with Gasteiger partial charge in [-0.25, -0.2) is 0 Å². The molecule has 0 aliphatic carbocycles. The van der Waals surface area contributed by atoms with Gasteiger partial charge in [-0.2, -0.15) is 0 Å². The van der Waals surface area contributed by atoms with Gasteiger partial charge in [0.2, 0.25) is 0 Å². The smallest absolute Gasteiger partial charge is 0.323 e. The van der Waals surface area contributed by atoms with Crippen LogP contribution in [0.2, 0.25) is 0 Å². The molecule has 0 N–H and O–H groups in total. The van der Waals surface area contributed by atoms with Crippen LogP contribution in [-0.2, 0) is 19.1 Å². The lowest BCUT2D eigenvalue weighted by atomic mass is 9.81. The molecule has 0 aromatic carbocycles. The van der Waals surface area contributed by atoms with Crippen LogP contribution in [0.1, 0.15) is 40.5 Å². The zero-order valence-electron chi connectivity index (χ0n) is 11.4. The topological polar surface area (TPSA) is 52.6 Å². The summed E-state index contributed by atoms with van der Waals surface area (Å²) in [5.74, 6) is -1.11. The van der Waals surface area contributed by atoms with E-state index in [0.29, 0.717) is 11.5 Å². The molecule has 0 radical (unpaired) electrons. The molecule has 0 amide bonds. The summed E-state index contributed by atoms with van der Waals surface area (Å²) in [5, 5.41) is 0.529. The van der Waals surface area contributed by atoms with E-state index in [1.807, 2.05) is 0 Å².